The van der Waals surface area contributed by atoms with Crippen LogP contribution in [0.15, 0.2) is 64.9 Å². The second-order valence-electron chi connectivity index (χ2n) is 6.18. The molecule has 0 amide bonds. The molecule has 0 unspecified atom stereocenters. The summed E-state index contributed by atoms with van der Waals surface area (Å²) in [5.41, 5.74) is 2.35. The first-order valence-corrected chi connectivity index (χ1v) is 9.37. The van der Waals surface area contributed by atoms with Crippen LogP contribution in [0.4, 0.5) is 5.69 Å². The summed E-state index contributed by atoms with van der Waals surface area (Å²) in [4.78, 5) is 23.3. The number of rotatable bonds is 5. The summed E-state index contributed by atoms with van der Waals surface area (Å²) in [6, 6.07) is 14.4. The zero-order valence-corrected chi connectivity index (χ0v) is 16.1. The van der Waals surface area contributed by atoms with Crippen LogP contribution in [-0.4, -0.2) is 24.4 Å². The number of allylic oxidation sites excluding steroid dienone is 1. The van der Waals surface area contributed by atoms with E-state index in [9.17, 15) is 15.4 Å². The van der Waals surface area contributed by atoms with Crippen molar-refractivity contribution >= 4 is 40.1 Å². The van der Waals surface area contributed by atoms with Gasteiger partial charge in [-0.15, -0.1) is 0 Å². The fourth-order valence-corrected chi connectivity index (χ4v) is 3.69. The van der Waals surface area contributed by atoms with Gasteiger partial charge in [-0.25, -0.2) is 9.97 Å². The molecule has 9 heteroatoms. The molecule has 0 atom stereocenters. The van der Waals surface area contributed by atoms with Gasteiger partial charge in [0, 0.05) is 25.5 Å². The van der Waals surface area contributed by atoms with E-state index in [-0.39, 0.29) is 5.69 Å². The molecule has 0 aliphatic heterocycles. The number of benzene rings is 2. The molecule has 0 saturated heterocycles. The Morgan fingerprint density at radius 2 is 2.17 bits per heavy atom. The summed E-state index contributed by atoms with van der Waals surface area (Å²) in [6.07, 6.45) is 5.00. The zero-order valence-electron chi connectivity index (χ0n) is 15.2. The van der Waals surface area contributed by atoms with E-state index in [0.29, 0.717) is 27.0 Å². The summed E-state index contributed by atoms with van der Waals surface area (Å²) in [7, 11) is 1.82. The second-order valence-corrected chi connectivity index (χ2v) is 7.19. The van der Waals surface area contributed by atoms with Crippen LogP contribution in [0.25, 0.3) is 22.7 Å². The average molecular weight is 402 g/mol. The SMILES string of the molecule is Cn1ccnc1Sc1ccc(C=C(C#N)c2nc3ccccc3[nH]2)cc1[N+](=O)[O-]. The highest BCUT2D eigenvalue weighted by molar-refractivity contribution is 7.99. The van der Waals surface area contributed by atoms with Gasteiger partial charge in [-0.1, -0.05) is 18.2 Å². The number of aryl methyl sites for hydroxylation is 1. The summed E-state index contributed by atoms with van der Waals surface area (Å²) >= 11 is 1.21. The van der Waals surface area contributed by atoms with E-state index in [2.05, 4.69) is 21.0 Å². The molecule has 0 fully saturated rings. The summed E-state index contributed by atoms with van der Waals surface area (Å²) in [5, 5.41) is 21.8. The Labute approximate surface area is 169 Å². The normalized spacial score (nSPS) is 11.5. The van der Waals surface area contributed by atoms with Gasteiger partial charge in [0.1, 0.15) is 11.9 Å². The molecule has 29 heavy (non-hydrogen) atoms. The summed E-state index contributed by atoms with van der Waals surface area (Å²) < 4.78 is 1.79. The first-order chi connectivity index (χ1) is 14.0. The fraction of sp³-hybridized carbons (Fsp3) is 0.0500. The standard InChI is InChI=1S/C20H14N6O2S/c1-25-9-8-22-20(25)29-18-7-6-13(11-17(18)26(27)28)10-14(12-21)19-23-15-4-2-3-5-16(15)24-19/h2-11H,1H3,(H,23,24). The van der Waals surface area contributed by atoms with Crippen molar-refractivity contribution in [3.8, 4) is 6.07 Å². The third-order valence-corrected chi connectivity index (χ3v) is 5.37. The highest BCUT2D eigenvalue weighted by atomic mass is 32.2. The molecule has 1 N–H and O–H groups in total. The van der Waals surface area contributed by atoms with E-state index < -0.39 is 4.92 Å². The second kappa shape index (κ2) is 7.61. The summed E-state index contributed by atoms with van der Waals surface area (Å²) in [6.45, 7) is 0. The average Bonchev–Trinajstić information content (AvgIpc) is 3.33. The number of aromatic nitrogens is 4. The minimum absolute atomic E-state index is 0.0476. The maximum atomic E-state index is 11.6. The van der Waals surface area contributed by atoms with Crippen molar-refractivity contribution in [1.29, 1.82) is 5.26 Å². The van der Waals surface area contributed by atoms with E-state index in [1.165, 1.54) is 17.8 Å². The lowest BCUT2D eigenvalue weighted by Gasteiger charge is -2.04. The summed E-state index contributed by atoms with van der Waals surface area (Å²) in [5.74, 6) is 0.419. The Kier molecular flexibility index (Phi) is 4.85. The van der Waals surface area contributed by atoms with Gasteiger partial charge < -0.3 is 9.55 Å². The molecule has 2 aromatic heterocycles. The van der Waals surface area contributed by atoms with Crippen LogP contribution in [0.2, 0.25) is 0 Å². The molecular formula is C20H14N6O2S. The highest BCUT2D eigenvalue weighted by Crippen LogP contribution is 2.35. The van der Waals surface area contributed by atoms with Crippen molar-refractivity contribution < 1.29 is 4.92 Å². The molecule has 0 saturated carbocycles. The van der Waals surface area contributed by atoms with Gasteiger partial charge in [0.2, 0.25) is 0 Å². The van der Waals surface area contributed by atoms with Crippen molar-refractivity contribution in [3.05, 3.63) is 76.4 Å². The van der Waals surface area contributed by atoms with Gasteiger partial charge in [0.15, 0.2) is 5.16 Å². The number of nitrogens with zero attached hydrogens (tertiary/aromatic N) is 5. The maximum Gasteiger partial charge on any atom is 0.283 e. The molecular weight excluding hydrogens is 388 g/mol. The number of hydrogen-bond acceptors (Lipinski definition) is 6. The number of hydrogen-bond donors (Lipinski definition) is 1. The van der Waals surface area contributed by atoms with Gasteiger partial charge >= 0.3 is 0 Å². The molecule has 0 aliphatic carbocycles. The zero-order chi connectivity index (χ0) is 20.4. The number of H-pyrrole nitrogens is 1. The van der Waals surface area contributed by atoms with Gasteiger partial charge in [0.05, 0.1) is 26.4 Å². The van der Waals surface area contributed by atoms with Crippen molar-refractivity contribution in [2.45, 2.75) is 10.1 Å². The number of nitro benzene ring substituents is 1. The van der Waals surface area contributed by atoms with Crippen molar-refractivity contribution in [3.63, 3.8) is 0 Å². The van der Waals surface area contributed by atoms with E-state index in [0.717, 1.165) is 11.0 Å². The van der Waals surface area contributed by atoms with Crippen molar-refractivity contribution in [2.75, 3.05) is 0 Å². The Morgan fingerprint density at radius 3 is 2.86 bits per heavy atom. The van der Waals surface area contributed by atoms with Crippen LogP contribution in [0.5, 0.6) is 0 Å². The highest BCUT2D eigenvalue weighted by Gasteiger charge is 2.18. The van der Waals surface area contributed by atoms with E-state index in [1.807, 2.05) is 31.3 Å². The van der Waals surface area contributed by atoms with E-state index in [4.69, 9.17) is 0 Å². The predicted octanol–water partition coefficient (Wildman–Crippen LogP) is 4.42. The Bertz CT molecular complexity index is 1260. The Morgan fingerprint density at radius 1 is 1.34 bits per heavy atom. The molecule has 4 aromatic rings. The van der Waals surface area contributed by atoms with Crippen LogP contribution < -0.4 is 0 Å². The van der Waals surface area contributed by atoms with Gasteiger partial charge in [-0.2, -0.15) is 5.26 Å². The quantitative estimate of drug-likeness (QED) is 0.300. The lowest BCUT2D eigenvalue weighted by molar-refractivity contribution is -0.387. The first-order valence-electron chi connectivity index (χ1n) is 8.55. The van der Waals surface area contributed by atoms with E-state index >= 15 is 0 Å². The lowest BCUT2D eigenvalue weighted by atomic mass is 10.1. The van der Waals surface area contributed by atoms with Gasteiger partial charge in [-0.3, -0.25) is 10.1 Å². The molecule has 2 heterocycles. The number of nitro groups is 1. The van der Waals surface area contributed by atoms with Gasteiger partial charge in [0.25, 0.3) is 5.69 Å². The lowest BCUT2D eigenvalue weighted by Crippen LogP contribution is -1.94. The molecule has 8 nitrogen and oxygen atoms in total. The number of aromatic amines is 1. The smallest absolute Gasteiger partial charge is 0.283 e. The van der Waals surface area contributed by atoms with Crippen molar-refractivity contribution in [1.82, 2.24) is 19.5 Å². The molecule has 142 valence electrons. The number of nitrogens with one attached hydrogen (secondary N) is 1. The molecule has 0 radical (unpaired) electrons. The van der Waals surface area contributed by atoms with Crippen LogP contribution in [0, 0.1) is 21.4 Å². The third kappa shape index (κ3) is 3.74. The number of nitriles is 1. The van der Waals surface area contributed by atoms with Crippen LogP contribution in [0.3, 0.4) is 0 Å². The Balaban J connectivity index is 1.72. The van der Waals surface area contributed by atoms with Crippen LogP contribution in [0.1, 0.15) is 11.4 Å². The number of imidazole rings is 2. The first kappa shape index (κ1) is 18.5. The number of para-hydroxylation sites is 2. The molecule has 0 bridgehead atoms. The van der Waals surface area contributed by atoms with Crippen LogP contribution >= 0.6 is 11.8 Å². The van der Waals surface area contributed by atoms with E-state index in [1.54, 1.807) is 35.2 Å². The molecule has 0 aliphatic rings. The fourth-order valence-electron chi connectivity index (χ4n) is 2.80. The van der Waals surface area contributed by atoms with Crippen LogP contribution in [-0.2, 0) is 7.05 Å². The Hall–Kier alpha value is -3.90. The minimum Gasteiger partial charge on any atom is -0.337 e. The number of fused-ring (bicyclic) bond motifs is 1. The monoisotopic (exact) mass is 402 g/mol. The topological polar surface area (TPSA) is 113 Å². The molecule has 4 rings (SSSR count). The molecule has 2 aromatic carbocycles. The third-order valence-electron chi connectivity index (χ3n) is 4.23. The minimum atomic E-state index is -0.435. The molecule has 0 spiro atoms. The maximum absolute atomic E-state index is 11.6. The van der Waals surface area contributed by atoms with Gasteiger partial charge in [-0.05, 0) is 41.6 Å². The largest absolute Gasteiger partial charge is 0.337 e. The van der Waals surface area contributed by atoms with Crippen molar-refractivity contribution in [2.24, 2.45) is 7.05 Å². The predicted molar refractivity (Wildman–Crippen MR) is 110 cm³/mol.